The van der Waals surface area contributed by atoms with Crippen LogP contribution in [0.15, 0.2) is 54.2 Å². The van der Waals surface area contributed by atoms with Crippen LogP contribution in [0.2, 0.25) is 0 Å². The van der Waals surface area contributed by atoms with Crippen molar-refractivity contribution in [3.05, 3.63) is 65.4 Å². The number of benzene rings is 1. The minimum Gasteiger partial charge on any atom is -0.347 e. The summed E-state index contributed by atoms with van der Waals surface area (Å²) in [6.45, 7) is 5.54. The number of rotatable bonds is 6. The number of hydrogen-bond donors (Lipinski definition) is 1. The van der Waals surface area contributed by atoms with Gasteiger partial charge in [0.2, 0.25) is 0 Å². The lowest BCUT2D eigenvalue weighted by molar-refractivity contribution is 0.239. The molecule has 2 aromatic heterocycles. The van der Waals surface area contributed by atoms with Crippen molar-refractivity contribution < 1.29 is 0 Å². The maximum atomic E-state index is 4.57. The van der Waals surface area contributed by atoms with Gasteiger partial charge in [0.05, 0.1) is 0 Å². The molecule has 2 fully saturated rings. The fourth-order valence-corrected chi connectivity index (χ4v) is 5.59. The Labute approximate surface area is 164 Å². The predicted molar refractivity (Wildman–Crippen MR) is 109 cm³/mol. The number of aromatic nitrogens is 3. The highest BCUT2D eigenvalue weighted by molar-refractivity contribution is 7.13. The summed E-state index contributed by atoms with van der Waals surface area (Å²) in [4.78, 5) is 9.71. The number of fused-ring (bicyclic) bond motifs is 1. The predicted octanol–water partition coefficient (Wildman–Crippen LogP) is 3.44. The summed E-state index contributed by atoms with van der Waals surface area (Å²) in [5, 5.41) is 10.5. The topological polar surface area (TPSA) is 48.1 Å². The van der Waals surface area contributed by atoms with Crippen LogP contribution in [0.4, 0.5) is 5.13 Å². The van der Waals surface area contributed by atoms with Gasteiger partial charge in [-0.25, -0.2) is 4.98 Å². The number of aromatic amines is 1. The Balaban J connectivity index is 1.34. The quantitative estimate of drug-likeness (QED) is 0.713. The standard InChI is InChI=1S/C21H25N5S/c1-2-4-17(5-3-1)6-8-21-15-25(14-19-7-9-23-24-19)12-18(21)13-26(16-21)20-22-10-11-27-20/h1-5,7,9-11,18H,6,8,12-16H2,(H,23,24). The molecule has 2 unspecified atom stereocenters. The molecule has 0 amide bonds. The second kappa shape index (κ2) is 7.09. The van der Waals surface area contributed by atoms with E-state index in [9.17, 15) is 0 Å². The number of H-pyrrole nitrogens is 1. The summed E-state index contributed by atoms with van der Waals surface area (Å²) in [7, 11) is 0. The Morgan fingerprint density at radius 2 is 2.04 bits per heavy atom. The molecule has 2 saturated heterocycles. The molecule has 2 aliphatic rings. The average molecular weight is 380 g/mol. The zero-order valence-corrected chi connectivity index (χ0v) is 16.2. The van der Waals surface area contributed by atoms with Gasteiger partial charge in [0.1, 0.15) is 0 Å². The van der Waals surface area contributed by atoms with Crippen molar-refractivity contribution in [2.45, 2.75) is 19.4 Å². The molecule has 0 saturated carbocycles. The van der Waals surface area contributed by atoms with E-state index in [2.05, 4.69) is 66.8 Å². The van der Waals surface area contributed by atoms with Crippen LogP contribution < -0.4 is 4.90 Å². The zero-order chi connectivity index (χ0) is 18.1. The average Bonchev–Trinajstić information content (AvgIpc) is 3.45. The van der Waals surface area contributed by atoms with E-state index in [-0.39, 0.29) is 0 Å². The molecule has 0 radical (unpaired) electrons. The van der Waals surface area contributed by atoms with Crippen LogP contribution in [0.3, 0.4) is 0 Å². The van der Waals surface area contributed by atoms with Crippen LogP contribution in [-0.2, 0) is 13.0 Å². The Hall–Kier alpha value is -2.18. The Morgan fingerprint density at radius 3 is 2.81 bits per heavy atom. The maximum absolute atomic E-state index is 4.57. The number of anilines is 1. The molecule has 3 aromatic rings. The van der Waals surface area contributed by atoms with E-state index in [1.165, 1.54) is 22.8 Å². The van der Waals surface area contributed by atoms with Crippen LogP contribution in [0.25, 0.3) is 0 Å². The van der Waals surface area contributed by atoms with Crippen molar-refractivity contribution in [2.75, 3.05) is 31.1 Å². The van der Waals surface area contributed by atoms with E-state index in [0.717, 1.165) is 39.1 Å². The third-order valence-electron chi connectivity index (χ3n) is 6.23. The first-order valence-electron chi connectivity index (χ1n) is 9.70. The molecule has 4 heterocycles. The van der Waals surface area contributed by atoms with Crippen LogP contribution in [0.5, 0.6) is 0 Å². The minimum absolute atomic E-state index is 0.349. The first-order valence-corrected chi connectivity index (χ1v) is 10.6. The third-order valence-corrected chi connectivity index (χ3v) is 7.06. The third kappa shape index (κ3) is 3.39. The smallest absolute Gasteiger partial charge is 0.185 e. The van der Waals surface area contributed by atoms with E-state index >= 15 is 0 Å². The zero-order valence-electron chi connectivity index (χ0n) is 15.4. The summed E-state index contributed by atoms with van der Waals surface area (Å²) in [6.07, 6.45) is 6.17. The lowest BCUT2D eigenvalue weighted by atomic mass is 9.76. The normalized spacial score (nSPS) is 25.2. The van der Waals surface area contributed by atoms with Crippen LogP contribution in [-0.4, -0.2) is 46.3 Å². The van der Waals surface area contributed by atoms with E-state index in [0.29, 0.717) is 11.3 Å². The number of nitrogens with zero attached hydrogens (tertiary/aromatic N) is 4. The van der Waals surface area contributed by atoms with Gasteiger partial charge in [-0.15, -0.1) is 11.3 Å². The molecule has 1 N–H and O–H groups in total. The number of nitrogens with one attached hydrogen (secondary N) is 1. The van der Waals surface area contributed by atoms with Crippen LogP contribution in [0.1, 0.15) is 17.7 Å². The fourth-order valence-electron chi connectivity index (χ4n) is 4.94. The van der Waals surface area contributed by atoms with E-state index in [4.69, 9.17) is 0 Å². The molecule has 1 aromatic carbocycles. The minimum atomic E-state index is 0.349. The van der Waals surface area contributed by atoms with Gasteiger partial charge in [0.15, 0.2) is 5.13 Å². The van der Waals surface area contributed by atoms with Crippen molar-refractivity contribution in [1.29, 1.82) is 0 Å². The van der Waals surface area contributed by atoms with Gasteiger partial charge in [-0.3, -0.25) is 10.00 Å². The van der Waals surface area contributed by atoms with Gasteiger partial charge in [-0.05, 0) is 30.4 Å². The van der Waals surface area contributed by atoms with Gasteiger partial charge < -0.3 is 4.90 Å². The Morgan fingerprint density at radius 1 is 1.11 bits per heavy atom. The molecule has 2 aliphatic heterocycles. The van der Waals surface area contributed by atoms with E-state index in [1.54, 1.807) is 11.3 Å². The van der Waals surface area contributed by atoms with E-state index in [1.807, 2.05) is 12.4 Å². The molecule has 6 heteroatoms. The van der Waals surface area contributed by atoms with Gasteiger partial charge in [-0.1, -0.05) is 30.3 Å². The molecule has 0 aliphatic carbocycles. The lowest BCUT2D eigenvalue weighted by Crippen LogP contribution is -2.34. The fraction of sp³-hybridized carbons (Fsp3) is 0.429. The number of aryl methyl sites for hydroxylation is 1. The van der Waals surface area contributed by atoms with Crippen LogP contribution in [0, 0.1) is 11.3 Å². The van der Waals surface area contributed by atoms with Crippen LogP contribution >= 0.6 is 11.3 Å². The number of likely N-dealkylation sites (tertiary alicyclic amines) is 1. The molecular formula is C21H25N5S. The van der Waals surface area contributed by atoms with Crippen molar-refractivity contribution in [3.8, 4) is 0 Å². The SMILES string of the molecule is c1ccc(CCC23CN(Cc4ccn[nH]4)CC2CN(c2nccs2)C3)cc1. The first kappa shape index (κ1) is 17.0. The highest BCUT2D eigenvalue weighted by Crippen LogP contribution is 2.47. The largest absolute Gasteiger partial charge is 0.347 e. The number of thiazole rings is 1. The molecule has 27 heavy (non-hydrogen) atoms. The Kier molecular flexibility index (Phi) is 4.45. The molecule has 0 spiro atoms. The first-order chi connectivity index (χ1) is 13.3. The maximum Gasteiger partial charge on any atom is 0.185 e. The van der Waals surface area contributed by atoms with Gasteiger partial charge in [0, 0.05) is 61.6 Å². The van der Waals surface area contributed by atoms with Gasteiger partial charge in [-0.2, -0.15) is 5.10 Å². The second-order valence-corrected chi connectivity index (χ2v) is 8.86. The van der Waals surface area contributed by atoms with Gasteiger partial charge >= 0.3 is 0 Å². The van der Waals surface area contributed by atoms with Crippen molar-refractivity contribution >= 4 is 16.5 Å². The lowest BCUT2D eigenvalue weighted by Gasteiger charge is -2.29. The monoisotopic (exact) mass is 379 g/mol. The molecule has 5 nitrogen and oxygen atoms in total. The second-order valence-electron chi connectivity index (χ2n) is 7.99. The highest BCUT2D eigenvalue weighted by atomic mass is 32.1. The summed E-state index contributed by atoms with van der Waals surface area (Å²) in [5.74, 6) is 0.702. The highest BCUT2D eigenvalue weighted by Gasteiger charge is 2.52. The molecule has 2 atom stereocenters. The Bertz CT molecular complexity index is 848. The summed E-state index contributed by atoms with van der Waals surface area (Å²) < 4.78 is 0. The van der Waals surface area contributed by atoms with Gasteiger partial charge in [0.25, 0.3) is 0 Å². The summed E-state index contributed by atoms with van der Waals surface area (Å²) >= 11 is 1.76. The van der Waals surface area contributed by atoms with Crippen molar-refractivity contribution in [3.63, 3.8) is 0 Å². The summed E-state index contributed by atoms with van der Waals surface area (Å²) in [5.41, 5.74) is 3.01. The molecular weight excluding hydrogens is 354 g/mol. The van der Waals surface area contributed by atoms with E-state index < -0.39 is 0 Å². The summed E-state index contributed by atoms with van der Waals surface area (Å²) in [6, 6.07) is 13.0. The van der Waals surface area contributed by atoms with Crippen molar-refractivity contribution in [2.24, 2.45) is 11.3 Å². The molecule has 5 rings (SSSR count). The number of hydrogen-bond acceptors (Lipinski definition) is 5. The molecule has 0 bridgehead atoms. The van der Waals surface area contributed by atoms with Crippen molar-refractivity contribution in [1.82, 2.24) is 20.1 Å². The molecule has 140 valence electrons.